The first-order chi connectivity index (χ1) is 15.7. The van der Waals surface area contributed by atoms with Crippen LogP contribution >= 0.6 is 11.8 Å². The SMILES string of the molecule is Cc1ccc(C(=O)NC(C)C23CC4CC(CC(C4)C2)C3)cc1NC1=NC2CS(=O)(=O)CC2S1. The van der Waals surface area contributed by atoms with Crippen molar-refractivity contribution in [3.05, 3.63) is 29.3 Å². The lowest BCUT2D eigenvalue weighted by molar-refractivity contribution is -0.0688. The van der Waals surface area contributed by atoms with Crippen LogP contribution in [0.3, 0.4) is 0 Å². The molecule has 0 spiro atoms. The van der Waals surface area contributed by atoms with E-state index in [2.05, 4.69) is 22.5 Å². The predicted octanol–water partition coefficient (Wildman–Crippen LogP) is 4.01. The van der Waals surface area contributed by atoms with Crippen LogP contribution in [0, 0.1) is 30.1 Å². The van der Waals surface area contributed by atoms with E-state index in [0.717, 1.165) is 34.2 Å². The molecule has 6 nitrogen and oxygen atoms in total. The Morgan fingerprint density at radius 1 is 1.12 bits per heavy atom. The highest BCUT2D eigenvalue weighted by molar-refractivity contribution is 8.15. The van der Waals surface area contributed by atoms with Gasteiger partial charge < -0.3 is 10.6 Å². The number of nitrogens with one attached hydrogen (secondary N) is 2. The van der Waals surface area contributed by atoms with Gasteiger partial charge in [0.1, 0.15) is 0 Å². The minimum Gasteiger partial charge on any atom is -0.349 e. The monoisotopic (exact) mass is 487 g/mol. The first-order valence-electron chi connectivity index (χ1n) is 12.3. The van der Waals surface area contributed by atoms with E-state index in [4.69, 9.17) is 0 Å². The van der Waals surface area contributed by atoms with Gasteiger partial charge in [-0.3, -0.25) is 9.79 Å². The van der Waals surface area contributed by atoms with Crippen molar-refractivity contribution in [1.82, 2.24) is 5.32 Å². The van der Waals surface area contributed by atoms with E-state index in [1.54, 1.807) is 0 Å². The van der Waals surface area contributed by atoms with Crippen molar-refractivity contribution in [2.45, 2.75) is 69.7 Å². The predicted molar refractivity (Wildman–Crippen MR) is 134 cm³/mol. The minimum atomic E-state index is -2.96. The molecule has 6 aliphatic rings. The molecule has 0 aromatic heterocycles. The van der Waals surface area contributed by atoms with Gasteiger partial charge in [0, 0.05) is 22.5 Å². The first-order valence-corrected chi connectivity index (χ1v) is 15.0. The summed E-state index contributed by atoms with van der Waals surface area (Å²) in [7, 11) is -2.96. The maximum atomic E-state index is 13.2. The Labute approximate surface area is 200 Å². The van der Waals surface area contributed by atoms with E-state index >= 15 is 0 Å². The fraction of sp³-hybridized carbons (Fsp3) is 0.680. The van der Waals surface area contributed by atoms with Gasteiger partial charge in [-0.05, 0) is 93.2 Å². The van der Waals surface area contributed by atoms with E-state index in [9.17, 15) is 13.2 Å². The van der Waals surface area contributed by atoms with Crippen LogP contribution in [0.25, 0.3) is 0 Å². The number of sulfone groups is 1. The first kappa shape index (κ1) is 22.0. The summed E-state index contributed by atoms with van der Waals surface area (Å²) >= 11 is 1.50. The molecule has 7 rings (SSSR count). The minimum absolute atomic E-state index is 0.00502. The Hall–Kier alpha value is -1.54. The van der Waals surface area contributed by atoms with Gasteiger partial charge in [0.2, 0.25) is 0 Å². The fourth-order valence-electron chi connectivity index (χ4n) is 7.57. The highest BCUT2D eigenvalue weighted by atomic mass is 32.2. The van der Waals surface area contributed by atoms with Crippen LogP contribution in [0.5, 0.6) is 0 Å². The molecule has 1 saturated heterocycles. The maximum Gasteiger partial charge on any atom is 0.251 e. The summed E-state index contributed by atoms with van der Waals surface area (Å²) in [6.45, 7) is 4.22. The summed E-state index contributed by atoms with van der Waals surface area (Å²) in [6, 6.07) is 5.80. The third-order valence-electron chi connectivity index (χ3n) is 8.91. The number of thioether (sulfide) groups is 1. The van der Waals surface area contributed by atoms with Gasteiger partial charge in [-0.15, -0.1) is 0 Å². The number of nitrogens with zero attached hydrogens (tertiary/aromatic N) is 1. The highest BCUT2D eigenvalue weighted by Gasteiger charge is 2.53. The molecule has 4 saturated carbocycles. The molecule has 3 unspecified atom stereocenters. The van der Waals surface area contributed by atoms with Crippen LogP contribution in [-0.4, -0.2) is 48.3 Å². The van der Waals surface area contributed by atoms with Gasteiger partial charge in [-0.25, -0.2) is 8.42 Å². The Kier molecular flexibility index (Phi) is 5.15. The lowest BCUT2D eigenvalue weighted by Crippen LogP contribution is -2.55. The molecule has 2 aliphatic heterocycles. The lowest BCUT2D eigenvalue weighted by Gasteiger charge is -2.59. The van der Waals surface area contributed by atoms with Gasteiger partial charge in [-0.2, -0.15) is 0 Å². The van der Waals surface area contributed by atoms with Crippen LogP contribution in [0.4, 0.5) is 5.69 Å². The van der Waals surface area contributed by atoms with Crippen LogP contribution in [0.15, 0.2) is 23.2 Å². The third kappa shape index (κ3) is 4.01. The zero-order valence-electron chi connectivity index (χ0n) is 19.3. The number of amidine groups is 1. The van der Waals surface area contributed by atoms with E-state index in [-0.39, 0.29) is 40.2 Å². The molecule has 178 valence electrons. The van der Waals surface area contributed by atoms with Gasteiger partial charge in [0.25, 0.3) is 5.91 Å². The summed E-state index contributed by atoms with van der Waals surface area (Å²) in [4.78, 5) is 17.8. The fourth-order valence-corrected chi connectivity index (χ4v) is 11.2. The van der Waals surface area contributed by atoms with Crippen molar-refractivity contribution >= 4 is 38.4 Å². The molecule has 4 bridgehead atoms. The van der Waals surface area contributed by atoms with Crippen molar-refractivity contribution < 1.29 is 13.2 Å². The standard InChI is InChI=1S/C25H33N3O3S2/c1-14-3-4-19(8-20(14)27-24-28-21-12-33(30,31)13-22(21)32-24)23(29)26-15(2)25-9-16-5-17(10-25)7-18(6-16)11-25/h3-4,8,15-18,21-22H,5-7,9-13H2,1-2H3,(H,26,29)(H,27,28). The number of hydrogen-bond donors (Lipinski definition) is 2. The summed E-state index contributed by atoms with van der Waals surface area (Å²) in [5.41, 5.74) is 2.84. The van der Waals surface area contributed by atoms with Gasteiger partial charge in [0.05, 0.1) is 17.5 Å². The van der Waals surface area contributed by atoms with Crippen LogP contribution < -0.4 is 10.6 Å². The topological polar surface area (TPSA) is 87.6 Å². The van der Waals surface area contributed by atoms with E-state index in [1.165, 1.54) is 50.3 Å². The molecule has 2 heterocycles. The van der Waals surface area contributed by atoms with Crippen LogP contribution in [0.1, 0.15) is 61.4 Å². The molecule has 2 N–H and O–H groups in total. The normalized spacial score (nSPS) is 38.6. The number of fused-ring (bicyclic) bond motifs is 1. The molecule has 5 fully saturated rings. The molecular weight excluding hydrogens is 454 g/mol. The summed E-state index contributed by atoms with van der Waals surface area (Å²) in [5.74, 6) is 2.92. The Morgan fingerprint density at radius 3 is 2.42 bits per heavy atom. The van der Waals surface area contributed by atoms with Crippen molar-refractivity contribution in [2.24, 2.45) is 28.2 Å². The second-order valence-corrected chi connectivity index (χ2v) is 14.7. The summed E-state index contributed by atoms with van der Waals surface area (Å²) in [5, 5.41) is 7.48. The summed E-state index contributed by atoms with van der Waals surface area (Å²) in [6.07, 6.45) is 8.04. The second kappa shape index (κ2) is 7.74. The zero-order valence-corrected chi connectivity index (χ0v) is 21.0. The largest absolute Gasteiger partial charge is 0.349 e. The van der Waals surface area contributed by atoms with E-state index in [1.807, 2.05) is 25.1 Å². The average Bonchev–Trinajstić information content (AvgIpc) is 3.21. The zero-order chi connectivity index (χ0) is 23.0. The third-order valence-corrected chi connectivity index (χ3v) is 12.1. The number of aliphatic imine (C=N–C) groups is 1. The van der Waals surface area contributed by atoms with Crippen molar-refractivity contribution in [1.29, 1.82) is 0 Å². The Bertz CT molecular complexity index is 1090. The Morgan fingerprint density at radius 2 is 1.79 bits per heavy atom. The van der Waals surface area contributed by atoms with Crippen molar-refractivity contribution in [2.75, 3.05) is 16.8 Å². The van der Waals surface area contributed by atoms with E-state index in [0.29, 0.717) is 5.56 Å². The number of aryl methyl sites for hydroxylation is 1. The lowest BCUT2D eigenvalue weighted by atomic mass is 9.48. The average molecular weight is 488 g/mol. The second-order valence-electron chi connectivity index (χ2n) is 11.4. The van der Waals surface area contributed by atoms with Crippen molar-refractivity contribution in [3.8, 4) is 0 Å². The Balaban J connectivity index is 1.15. The van der Waals surface area contributed by atoms with E-state index < -0.39 is 9.84 Å². The molecule has 3 atom stereocenters. The van der Waals surface area contributed by atoms with Crippen molar-refractivity contribution in [3.63, 3.8) is 0 Å². The number of amides is 1. The maximum absolute atomic E-state index is 13.2. The molecule has 4 aliphatic carbocycles. The van der Waals surface area contributed by atoms with Crippen LogP contribution in [0.2, 0.25) is 0 Å². The summed E-state index contributed by atoms with van der Waals surface area (Å²) < 4.78 is 23.6. The molecule has 1 aromatic carbocycles. The molecular formula is C25H33N3O3S2. The number of carbonyl (C=O) groups is 1. The smallest absolute Gasteiger partial charge is 0.251 e. The van der Waals surface area contributed by atoms with Crippen LogP contribution in [-0.2, 0) is 9.84 Å². The van der Waals surface area contributed by atoms with Gasteiger partial charge >= 0.3 is 0 Å². The molecule has 1 amide bonds. The molecule has 1 aromatic rings. The number of anilines is 1. The number of benzene rings is 1. The number of hydrogen-bond acceptors (Lipinski definition) is 6. The quantitative estimate of drug-likeness (QED) is 0.670. The number of carbonyl (C=O) groups excluding carboxylic acids is 1. The highest BCUT2D eigenvalue weighted by Crippen LogP contribution is 2.61. The molecule has 0 radical (unpaired) electrons. The number of rotatable bonds is 4. The van der Waals surface area contributed by atoms with Gasteiger partial charge in [-0.1, -0.05) is 17.8 Å². The van der Waals surface area contributed by atoms with Gasteiger partial charge in [0.15, 0.2) is 15.0 Å². The molecule has 8 heteroatoms. The molecule has 33 heavy (non-hydrogen) atoms.